The zero-order valence-electron chi connectivity index (χ0n) is 22.7. The fourth-order valence-electron chi connectivity index (χ4n) is 4.45. The minimum Gasteiger partial charge on any atom is -0.390 e. The minimum absolute atomic E-state index is 0.0390. The van der Waals surface area contributed by atoms with Gasteiger partial charge in [-0.3, -0.25) is 9.59 Å². The Kier molecular flexibility index (Phi) is 9.54. The van der Waals surface area contributed by atoms with Crippen molar-refractivity contribution in [3.05, 3.63) is 72.1 Å². The van der Waals surface area contributed by atoms with Gasteiger partial charge in [-0.2, -0.15) is 0 Å². The summed E-state index contributed by atoms with van der Waals surface area (Å²) >= 11 is 0. The Morgan fingerprint density at radius 1 is 0.950 bits per heavy atom. The van der Waals surface area contributed by atoms with Gasteiger partial charge in [0.25, 0.3) is 5.91 Å². The van der Waals surface area contributed by atoms with Crippen LogP contribution in [0, 0.1) is 0 Å². The third kappa shape index (κ3) is 6.87. The average molecular weight is 550 g/mol. The van der Waals surface area contributed by atoms with E-state index in [1.165, 1.54) is 14.0 Å². The number of aromatic nitrogens is 2. The Hall–Kier alpha value is -4.19. The molecule has 2 heterocycles. The Morgan fingerprint density at radius 2 is 1.55 bits per heavy atom. The van der Waals surface area contributed by atoms with Crippen LogP contribution in [0.15, 0.2) is 66.1 Å². The number of benzene rings is 2. The molecule has 2 amide bonds. The molecule has 0 aliphatic carbocycles. The molecule has 0 saturated carbocycles. The highest BCUT2D eigenvalue weighted by molar-refractivity contribution is 5.93. The van der Waals surface area contributed by atoms with Gasteiger partial charge in [0.15, 0.2) is 6.61 Å². The summed E-state index contributed by atoms with van der Waals surface area (Å²) in [6.07, 6.45) is 0.819. The van der Waals surface area contributed by atoms with Crippen LogP contribution in [-0.4, -0.2) is 75.8 Å². The van der Waals surface area contributed by atoms with E-state index >= 15 is 0 Å². The number of aromatic amines is 2. The number of aliphatic hydroxyl groups is 2. The van der Waals surface area contributed by atoms with Crippen LogP contribution in [0.1, 0.15) is 25.0 Å². The van der Waals surface area contributed by atoms with Crippen LogP contribution in [0.4, 0.5) is 0 Å². The molecule has 0 aliphatic heterocycles. The molecule has 4 rings (SSSR count). The summed E-state index contributed by atoms with van der Waals surface area (Å²) in [7, 11) is 1.42. The van der Waals surface area contributed by atoms with Crippen LogP contribution in [0.3, 0.4) is 0 Å². The number of aliphatic hydroxyl groups excluding tert-OH is 2. The molecule has 6 N–H and O–H groups in total. The number of rotatable bonds is 13. The fourth-order valence-corrected chi connectivity index (χ4v) is 4.45. The first-order valence-electron chi connectivity index (χ1n) is 13.0. The smallest absolute Gasteiger partial charge is 0.261 e. The van der Waals surface area contributed by atoms with Gasteiger partial charge in [0.05, 0.1) is 12.2 Å². The normalized spacial score (nSPS) is 15.0. The molecule has 4 aromatic rings. The highest BCUT2D eigenvalue weighted by atomic mass is 16.6. The van der Waals surface area contributed by atoms with Crippen molar-refractivity contribution in [2.45, 2.75) is 51.2 Å². The minimum atomic E-state index is -1.33. The number of nitrogens with one attached hydrogen (secondary N) is 4. The SMILES string of the molecule is CO[C@@H](C)/C(=N/OCC(=O)N[C@@H](Cc1c[nH]c2ccccc12)C(=O)NCc1c[nH]c2ccccc12)[C@@H](O)[C@@H](C)O. The second-order valence-corrected chi connectivity index (χ2v) is 9.61. The van der Waals surface area contributed by atoms with E-state index in [0.717, 1.165) is 32.9 Å². The zero-order valence-corrected chi connectivity index (χ0v) is 22.7. The maximum Gasteiger partial charge on any atom is 0.261 e. The first-order chi connectivity index (χ1) is 19.3. The molecule has 0 fully saturated rings. The lowest BCUT2D eigenvalue weighted by Gasteiger charge is -2.20. The van der Waals surface area contributed by atoms with Crippen molar-refractivity contribution >= 4 is 39.3 Å². The van der Waals surface area contributed by atoms with E-state index < -0.39 is 36.9 Å². The predicted molar refractivity (Wildman–Crippen MR) is 152 cm³/mol. The van der Waals surface area contributed by atoms with Gasteiger partial charge in [0.1, 0.15) is 17.9 Å². The van der Waals surface area contributed by atoms with Crippen molar-refractivity contribution in [1.29, 1.82) is 0 Å². The number of nitrogens with zero attached hydrogens (tertiary/aromatic N) is 1. The number of amides is 2. The second kappa shape index (κ2) is 13.2. The summed E-state index contributed by atoms with van der Waals surface area (Å²) in [6, 6.07) is 14.6. The van der Waals surface area contributed by atoms with E-state index in [1.54, 1.807) is 6.92 Å². The van der Waals surface area contributed by atoms with Crippen LogP contribution in [-0.2, 0) is 32.1 Å². The first-order valence-corrected chi connectivity index (χ1v) is 13.0. The second-order valence-electron chi connectivity index (χ2n) is 9.61. The van der Waals surface area contributed by atoms with Gasteiger partial charge in [-0.15, -0.1) is 0 Å². The fraction of sp³-hybridized carbons (Fsp3) is 0.345. The van der Waals surface area contributed by atoms with Gasteiger partial charge < -0.3 is 40.4 Å². The van der Waals surface area contributed by atoms with E-state index in [2.05, 4.69) is 25.8 Å². The Balaban J connectivity index is 1.47. The maximum absolute atomic E-state index is 13.4. The summed E-state index contributed by atoms with van der Waals surface area (Å²) in [4.78, 5) is 37.8. The largest absolute Gasteiger partial charge is 0.390 e. The molecule has 212 valence electrons. The highest BCUT2D eigenvalue weighted by Gasteiger charge is 2.26. The number of methoxy groups -OCH3 is 1. The zero-order chi connectivity index (χ0) is 28.6. The quantitative estimate of drug-likeness (QED) is 0.111. The van der Waals surface area contributed by atoms with Crippen LogP contribution in [0.25, 0.3) is 21.8 Å². The topological polar surface area (TPSA) is 161 Å². The number of ether oxygens (including phenoxy) is 1. The van der Waals surface area contributed by atoms with Crippen molar-refractivity contribution in [3.63, 3.8) is 0 Å². The summed E-state index contributed by atoms with van der Waals surface area (Å²) in [5.74, 6) is -0.933. The molecule has 11 nitrogen and oxygen atoms in total. The molecule has 11 heteroatoms. The number of hydrogen-bond acceptors (Lipinski definition) is 7. The molecule has 0 aliphatic rings. The van der Waals surface area contributed by atoms with Gasteiger partial charge >= 0.3 is 0 Å². The molecule has 2 aromatic heterocycles. The number of hydrogen-bond donors (Lipinski definition) is 6. The maximum atomic E-state index is 13.4. The number of carbonyl (C=O) groups is 2. The van der Waals surface area contributed by atoms with E-state index in [9.17, 15) is 19.8 Å². The number of para-hydroxylation sites is 2. The molecule has 0 unspecified atom stereocenters. The number of fused-ring (bicyclic) bond motifs is 2. The van der Waals surface area contributed by atoms with E-state index in [1.807, 2.05) is 60.9 Å². The van der Waals surface area contributed by atoms with E-state index in [0.29, 0.717) is 0 Å². The number of oxime groups is 1. The van der Waals surface area contributed by atoms with E-state index in [4.69, 9.17) is 9.57 Å². The van der Waals surface area contributed by atoms with Crippen LogP contribution in [0.5, 0.6) is 0 Å². The lowest BCUT2D eigenvalue weighted by atomic mass is 10.0. The van der Waals surface area contributed by atoms with Crippen molar-refractivity contribution in [1.82, 2.24) is 20.6 Å². The summed E-state index contributed by atoms with van der Waals surface area (Å²) in [5.41, 5.74) is 3.73. The van der Waals surface area contributed by atoms with Crippen LogP contribution < -0.4 is 10.6 Å². The Bertz CT molecular complexity index is 1480. The summed E-state index contributed by atoms with van der Waals surface area (Å²) in [6.45, 7) is 2.80. The molecule has 0 saturated heterocycles. The summed E-state index contributed by atoms with van der Waals surface area (Å²) < 4.78 is 5.17. The van der Waals surface area contributed by atoms with Crippen molar-refractivity contribution in [2.75, 3.05) is 13.7 Å². The van der Waals surface area contributed by atoms with Gasteiger partial charge in [0.2, 0.25) is 5.91 Å². The lowest BCUT2D eigenvalue weighted by Crippen LogP contribution is -2.48. The molecule has 0 radical (unpaired) electrons. The molecular weight excluding hydrogens is 514 g/mol. The molecule has 4 atom stereocenters. The van der Waals surface area contributed by atoms with Crippen molar-refractivity contribution < 1.29 is 29.4 Å². The molecule has 0 bridgehead atoms. The Morgan fingerprint density at radius 3 is 2.17 bits per heavy atom. The molecular formula is C29H35N5O6. The summed E-state index contributed by atoms with van der Waals surface area (Å²) in [5, 5.41) is 31.4. The van der Waals surface area contributed by atoms with Gasteiger partial charge in [0, 0.05) is 54.3 Å². The standard InChI is InChI=1S/C29H35N5O6/c1-17(35)28(37)27(18(2)39-3)34-40-16-26(36)33-25(12-19-13-30-23-10-6-4-8-21(19)23)29(38)32-15-20-14-31-24-11-7-5-9-22(20)24/h4-11,13-14,17-18,25,28,30-31,35,37H,12,15-16H2,1-3H3,(H,32,38)(H,33,36)/b34-27-/t17-,18+,25+,28+/m1/s1. The molecule has 2 aromatic carbocycles. The first kappa shape index (κ1) is 28.8. The van der Waals surface area contributed by atoms with Crippen molar-refractivity contribution in [2.24, 2.45) is 5.16 Å². The van der Waals surface area contributed by atoms with E-state index in [-0.39, 0.29) is 24.6 Å². The van der Waals surface area contributed by atoms with Crippen LogP contribution >= 0.6 is 0 Å². The Labute approximate surface area is 231 Å². The van der Waals surface area contributed by atoms with Gasteiger partial charge in [-0.25, -0.2) is 0 Å². The van der Waals surface area contributed by atoms with Gasteiger partial charge in [-0.05, 0) is 37.1 Å². The molecule has 0 spiro atoms. The monoisotopic (exact) mass is 549 g/mol. The van der Waals surface area contributed by atoms with Gasteiger partial charge in [-0.1, -0.05) is 41.6 Å². The third-order valence-electron chi connectivity index (χ3n) is 6.77. The van der Waals surface area contributed by atoms with Crippen molar-refractivity contribution in [3.8, 4) is 0 Å². The molecule has 40 heavy (non-hydrogen) atoms. The average Bonchev–Trinajstić information content (AvgIpc) is 3.57. The van der Waals surface area contributed by atoms with Crippen LogP contribution in [0.2, 0.25) is 0 Å². The third-order valence-corrected chi connectivity index (χ3v) is 6.77. The number of H-pyrrole nitrogens is 2. The predicted octanol–water partition coefficient (Wildman–Crippen LogP) is 2.14. The number of carbonyl (C=O) groups excluding carboxylic acids is 2. The lowest BCUT2D eigenvalue weighted by molar-refractivity contribution is -0.131. The highest BCUT2D eigenvalue weighted by Crippen LogP contribution is 2.20.